The Hall–Kier alpha value is -6.76. The van der Waals surface area contributed by atoms with E-state index in [-0.39, 0.29) is 30.5 Å². The zero-order valence-corrected chi connectivity index (χ0v) is 43.6. The van der Waals surface area contributed by atoms with Crippen LogP contribution in [0.15, 0.2) is 95.2 Å². The summed E-state index contributed by atoms with van der Waals surface area (Å²) in [5, 5.41) is 0. The van der Waals surface area contributed by atoms with Crippen LogP contribution in [0.3, 0.4) is 0 Å². The lowest BCUT2D eigenvalue weighted by atomic mass is 10.0. The summed E-state index contributed by atoms with van der Waals surface area (Å²) in [5.41, 5.74) is 5.95. The van der Waals surface area contributed by atoms with Crippen LogP contribution in [-0.2, 0) is 23.7 Å². The van der Waals surface area contributed by atoms with Crippen LogP contribution in [0.25, 0.3) is 11.1 Å². The van der Waals surface area contributed by atoms with Crippen molar-refractivity contribution in [3.8, 4) is 34.5 Å². The highest BCUT2D eigenvalue weighted by Gasteiger charge is 2.35. The summed E-state index contributed by atoms with van der Waals surface area (Å²) in [5.74, 6) is 2.95. The van der Waals surface area contributed by atoms with Crippen LogP contribution < -0.4 is 28.4 Å². The number of fused-ring (bicyclic) bond motifs is 4. The molecular formula is C58H70N4O13. The van der Waals surface area contributed by atoms with Crippen molar-refractivity contribution in [3.05, 3.63) is 107 Å². The van der Waals surface area contributed by atoms with Crippen molar-refractivity contribution in [2.24, 2.45) is 9.98 Å². The van der Waals surface area contributed by atoms with Crippen molar-refractivity contribution >= 4 is 46.8 Å². The highest BCUT2D eigenvalue weighted by molar-refractivity contribution is 6.06. The molecule has 0 aromatic heterocycles. The third-order valence-electron chi connectivity index (χ3n) is 12.9. The van der Waals surface area contributed by atoms with Gasteiger partial charge in [-0.25, -0.2) is 0 Å². The fourth-order valence-corrected chi connectivity index (χ4v) is 8.96. The van der Waals surface area contributed by atoms with Gasteiger partial charge in [0.2, 0.25) is 0 Å². The minimum absolute atomic E-state index is 0.163. The van der Waals surface area contributed by atoms with Crippen LogP contribution in [0.2, 0.25) is 0 Å². The molecule has 8 rings (SSSR count). The first kappa shape index (κ1) is 54.5. The number of aliphatic imine (C=N–C) groups is 2. The van der Waals surface area contributed by atoms with E-state index in [0.29, 0.717) is 124 Å². The summed E-state index contributed by atoms with van der Waals surface area (Å²) in [6.07, 6.45) is 12.7. The molecule has 75 heavy (non-hydrogen) atoms. The van der Waals surface area contributed by atoms with E-state index in [9.17, 15) is 9.59 Å². The Morgan fingerprint density at radius 2 is 0.867 bits per heavy atom. The normalized spacial score (nSPS) is 16.4. The number of ether oxygens (including phenoxy) is 11. The van der Waals surface area contributed by atoms with Gasteiger partial charge in [-0.1, -0.05) is 24.3 Å². The molecule has 17 heteroatoms. The molecule has 0 radical (unpaired) electrons. The van der Waals surface area contributed by atoms with Gasteiger partial charge < -0.3 is 61.9 Å². The largest absolute Gasteiger partial charge is 0.497 e. The van der Waals surface area contributed by atoms with E-state index >= 15 is 0 Å². The molecule has 4 aliphatic heterocycles. The van der Waals surface area contributed by atoms with Crippen molar-refractivity contribution < 1.29 is 61.7 Å². The van der Waals surface area contributed by atoms with Crippen LogP contribution in [0.1, 0.15) is 83.7 Å². The lowest BCUT2D eigenvalue weighted by molar-refractivity contribution is 0.0469. The average Bonchev–Trinajstić information content (AvgIpc) is 4.02. The Balaban J connectivity index is 0.733. The second-order valence-corrected chi connectivity index (χ2v) is 18.1. The van der Waals surface area contributed by atoms with Crippen LogP contribution >= 0.6 is 0 Å². The average molecular weight is 1030 g/mol. The fourth-order valence-electron chi connectivity index (χ4n) is 8.96. The van der Waals surface area contributed by atoms with E-state index in [2.05, 4.69) is 0 Å². The molecule has 0 aliphatic carbocycles. The Labute approximate surface area is 439 Å². The van der Waals surface area contributed by atoms with E-state index in [4.69, 9.17) is 62.1 Å². The van der Waals surface area contributed by atoms with Gasteiger partial charge in [0.15, 0.2) is 23.0 Å². The van der Waals surface area contributed by atoms with E-state index in [1.165, 1.54) is 0 Å². The first-order chi connectivity index (χ1) is 36.9. The van der Waals surface area contributed by atoms with Gasteiger partial charge in [-0.2, -0.15) is 0 Å². The summed E-state index contributed by atoms with van der Waals surface area (Å²) in [6, 6.07) is 22.1. The predicted molar refractivity (Wildman–Crippen MR) is 286 cm³/mol. The number of benzene rings is 4. The number of hydrogen-bond donors (Lipinski definition) is 0. The Morgan fingerprint density at radius 3 is 1.29 bits per heavy atom. The quantitative estimate of drug-likeness (QED) is 0.0425. The van der Waals surface area contributed by atoms with Crippen LogP contribution in [0.4, 0.5) is 11.4 Å². The standard InChI is InChI=1S/C58H70N4O13/c1-5-68-19-6-20-69-21-7-22-70-23-8-24-71-25-9-26-72-29-30-73-48-17-13-42(14-18-48)44-32-46-38-60-52-36-56(54(67-4)34-50(52)58(64)62(46)40-44)75-28-10-27-74-55-35-51-49(33-53(55)66-3)57(63)61-39-43(31-45(61)37-59-51)41-11-15-47(65-2)16-12-41/h11-18,33-40,45-46H,5-10,19-32H2,1-4H3. The zero-order chi connectivity index (χ0) is 52.2. The lowest BCUT2D eigenvalue weighted by Gasteiger charge is -2.19. The van der Waals surface area contributed by atoms with Crippen LogP contribution in [-0.4, -0.2) is 153 Å². The number of methoxy groups -OCH3 is 3. The molecule has 0 spiro atoms. The fraction of sp³-hybridized carbons (Fsp3) is 0.448. The first-order valence-corrected chi connectivity index (χ1v) is 26.0. The summed E-state index contributed by atoms with van der Waals surface area (Å²) >= 11 is 0. The number of carbonyl (C=O) groups is 2. The maximum absolute atomic E-state index is 14.0. The van der Waals surface area contributed by atoms with Crippen LogP contribution in [0, 0.1) is 0 Å². The molecule has 0 fully saturated rings. The smallest absolute Gasteiger partial charge is 0.260 e. The number of hydrogen-bond acceptors (Lipinski definition) is 15. The van der Waals surface area contributed by atoms with Gasteiger partial charge in [0.25, 0.3) is 11.8 Å². The van der Waals surface area contributed by atoms with Crippen molar-refractivity contribution in [2.75, 3.05) is 107 Å². The second kappa shape index (κ2) is 28.2. The van der Waals surface area contributed by atoms with Crippen molar-refractivity contribution in [3.63, 3.8) is 0 Å². The molecule has 17 nitrogen and oxygen atoms in total. The van der Waals surface area contributed by atoms with Gasteiger partial charge in [-0.15, -0.1) is 0 Å². The second-order valence-electron chi connectivity index (χ2n) is 18.1. The molecule has 0 saturated carbocycles. The minimum Gasteiger partial charge on any atom is -0.497 e. The molecule has 0 N–H and O–H groups in total. The molecule has 4 heterocycles. The molecule has 2 amide bonds. The highest BCUT2D eigenvalue weighted by atomic mass is 16.5. The van der Waals surface area contributed by atoms with E-state index in [1.807, 2.05) is 80.3 Å². The maximum atomic E-state index is 14.0. The Bertz CT molecular complexity index is 2630. The summed E-state index contributed by atoms with van der Waals surface area (Å²) in [6.45, 7) is 9.72. The molecule has 400 valence electrons. The number of nitrogens with zero attached hydrogens (tertiary/aromatic N) is 4. The molecule has 0 bridgehead atoms. The summed E-state index contributed by atoms with van der Waals surface area (Å²) < 4.78 is 62.9. The van der Waals surface area contributed by atoms with Gasteiger partial charge in [0.1, 0.15) is 18.1 Å². The molecule has 2 atom stereocenters. The summed E-state index contributed by atoms with van der Waals surface area (Å²) in [7, 11) is 4.72. The van der Waals surface area contributed by atoms with E-state index in [0.717, 1.165) is 79.3 Å². The van der Waals surface area contributed by atoms with Gasteiger partial charge in [0.05, 0.1) is 75.7 Å². The van der Waals surface area contributed by atoms with Crippen molar-refractivity contribution in [1.29, 1.82) is 0 Å². The molecule has 0 saturated heterocycles. The summed E-state index contributed by atoms with van der Waals surface area (Å²) in [4.78, 5) is 40.8. The SMILES string of the molecule is CCOCCCOCCCOCCCOCCCOCCOc1ccc(C2=CN3C(=O)c4cc(OC)c(OCCCOc5cc6c(cc5OC)C(=O)N5C=C(c7ccc(OC)cc7)CC5C=N6)cc4N=CC3C2)cc1. The Morgan fingerprint density at radius 1 is 0.453 bits per heavy atom. The van der Waals surface area contributed by atoms with Crippen molar-refractivity contribution in [2.45, 2.75) is 64.0 Å². The van der Waals surface area contributed by atoms with E-state index < -0.39 is 0 Å². The van der Waals surface area contributed by atoms with Gasteiger partial charge in [-0.05, 0) is 91.3 Å². The van der Waals surface area contributed by atoms with Crippen LogP contribution in [0.5, 0.6) is 34.5 Å². The molecule has 4 aromatic rings. The highest BCUT2D eigenvalue weighted by Crippen LogP contribution is 2.42. The topological polar surface area (TPSA) is 167 Å². The van der Waals surface area contributed by atoms with Gasteiger partial charge in [0, 0.05) is 116 Å². The third-order valence-corrected chi connectivity index (χ3v) is 12.9. The molecular weight excluding hydrogens is 961 g/mol. The van der Waals surface area contributed by atoms with Crippen molar-refractivity contribution in [1.82, 2.24) is 9.80 Å². The third kappa shape index (κ3) is 14.8. The Kier molecular flexibility index (Phi) is 20.5. The van der Waals surface area contributed by atoms with E-state index in [1.54, 1.807) is 55.4 Å². The molecule has 4 aliphatic rings. The van der Waals surface area contributed by atoms with Gasteiger partial charge in [-0.3, -0.25) is 19.6 Å². The number of rotatable bonds is 32. The monoisotopic (exact) mass is 1030 g/mol. The predicted octanol–water partition coefficient (Wildman–Crippen LogP) is 9.55. The first-order valence-electron chi connectivity index (χ1n) is 26.0. The number of carbonyl (C=O) groups excluding carboxylic acids is 2. The molecule has 4 aromatic carbocycles. The maximum Gasteiger partial charge on any atom is 0.260 e. The van der Waals surface area contributed by atoms with Gasteiger partial charge >= 0.3 is 0 Å². The zero-order valence-electron chi connectivity index (χ0n) is 43.6. The number of amides is 2. The lowest BCUT2D eigenvalue weighted by Crippen LogP contribution is -2.32. The minimum atomic E-state index is -0.247. The molecule has 2 unspecified atom stereocenters.